The van der Waals surface area contributed by atoms with Gasteiger partial charge in [-0.3, -0.25) is 0 Å². The molecule has 4 heteroatoms. The molecule has 0 aromatic heterocycles. The van der Waals surface area contributed by atoms with Gasteiger partial charge in [0.05, 0.1) is 6.10 Å². The van der Waals surface area contributed by atoms with Gasteiger partial charge in [-0.1, -0.05) is 0 Å². The van der Waals surface area contributed by atoms with E-state index in [1.807, 2.05) is 0 Å². The number of halogens is 2. The minimum atomic E-state index is -2.69. The van der Waals surface area contributed by atoms with Crippen LogP contribution in [0.5, 0.6) is 0 Å². The smallest absolute Gasteiger partial charge is 0.319 e. The Labute approximate surface area is 70.3 Å². The Balaban J connectivity index is 2.32. The molecule has 0 spiro atoms. The van der Waals surface area contributed by atoms with Crippen molar-refractivity contribution in [3.63, 3.8) is 0 Å². The van der Waals surface area contributed by atoms with Gasteiger partial charge in [0.1, 0.15) is 0 Å². The summed E-state index contributed by atoms with van der Waals surface area (Å²) in [5.74, 6) is 0. The first-order valence-corrected chi connectivity index (χ1v) is 4.02. The van der Waals surface area contributed by atoms with Crippen molar-refractivity contribution in [1.82, 2.24) is 0 Å². The van der Waals surface area contributed by atoms with Crippen LogP contribution in [-0.4, -0.2) is 18.8 Å². The van der Waals surface area contributed by atoms with E-state index in [9.17, 15) is 8.78 Å². The zero-order valence-electron chi connectivity index (χ0n) is 6.67. The largest absolute Gasteiger partial charge is 0.345 e. The van der Waals surface area contributed by atoms with Gasteiger partial charge in [-0.25, -0.2) is 6.57 Å². The van der Waals surface area contributed by atoms with Gasteiger partial charge < -0.3 is 9.58 Å². The minimum Gasteiger partial charge on any atom is -0.319 e. The maximum atomic E-state index is 11.8. The van der Waals surface area contributed by atoms with Gasteiger partial charge in [-0.2, -0.15) is 8.78 Å². The van der Waals surface area contributed by atoms with Crippen LogP contribution in [0.4, 0.5) is 8.78 Å². The highest BCUT2D eigenvalue weighted by molar-refractivity contribution is 4.85. The summed E-state index contributed by atoms with van der Waals surface area (Å²) in [6.45, 7) is 4.06. The molecule has 1 fully saturated rings. The summed E-state index contributed by atoms with van der Waals surface area (Å²) in [7, 11) is 0. The van der Waals surface area contributed by atoms with Crippen LogP contribution in [0.15, 0.2) is 0 Å². The maximum Gasteiger partial charge on any atom is 0.345 e. The van der Waals surface area contributed by atoms with E-state index >= 15 is 0 Å². The Morgan fingerprint density at radius 1 is 1.42 bits per heavy atom. The van der Waals surface area contributed by atoms with Crippen molar-refractivity contribution >= 4 is 0 Å². The van der Waals surface area contributed by atoms with Crippen molar-refractivity contribution in [3.05, 3.63) is 11.4 Å². The van der Waals surface area contributed by atoms with Crippen LogP contribution in [0.3, 0.4) is 0 Å². The lowest BCUT2D eigenvalue weighted by Crippen LogP contribution is -2.25. The molecule has 1 aliphatic carbocycles. The maximum absolute atomic E-state index is 11.8. The van der Waals surface area contributed by atoms with Gasteiger partial charge >= 0.3 is 6.61 Å². The molecule has 0 radical (unpaired) electrons. The fraction of sp³-hybridized carbons (Fsp3) is 0.875. The predicted molar refractivity (Wildman–Crippen MR) is 39.7 cm³/mol. The molecule has 0 heterocycles. The number of hydrogen-bond donors (Lipinski definition) is 0. The minimum absolute atomic E-state index is 0.109. The van der Waals surface area contributed by atoms with E-state index in [0.717, 1.165) is 12.8 Å². The molecule has 1 aliphatic rings. The Bertz CT molecular complexity index is 178. The average Bonchev–Trinajstić information content (AvgIpc) is 2.03. The van der Waals surface area contributed by atoms with Gasteiger partial charge in [0.2, 0.25) is 6.04 Å². The normalized spacial score (nSPS) is 30.2. The summed E-state index contributed by atoms with van der Waals surface area (Å²) in [4.78, 5) is 3.33. The summed E-state index contributed by atoms with van der Waals surface area (Å²) < 4.78 is 27.8. The molecule has 0 bridgehead atoms. The molecule has 2 nitrogen and oxygen atoms in total. The van der Waals surface area contributed by atoms with Crippen molar-refractivity contribution in [3.8, 4) is 0 Å². The van der Waals surface area contributed by atoms with E-state index in [2.05, 4.69) is 9.58 Å². The first kappa shape index (κ1) is 9.40. The molecule has 12 heavy (non-hydrogen) atoms. The molecule has 68 valence electrons. The first-order valence-electron chi connectivity index (χ1n) is 4.02. The lowest BCUT2D eigenvalue weighted by atomic mass is 9.93. The van der Waals surface area contributed by atoms with Gasteiger partial charge in [0.25, 0.3) is 0 Å². The van der Waals surface area contributed by atoms with Crippen LogP contribution in [0.2, 0.25) is 0 Å². The highest BCUT2D eigenvalue weighted by Gasteiger charge is 2.27. The van der Waals surface area contributed by atoms with Crippen molar-refractivity contribution in [2.75, 3.05) is 0 Å². The van der Waals surface area contributed by atoms with Crippen molar-refractivity contribution in [2.45, 2.75) is 44.4 Å². The second-order valence-electron chi connectivity index (χ2n) is 2.97. The van der Waals surface area contributed by atoms with E-state index in [1.54, 1.807) is 0 Å². The predicted octanol–water partition coefficient (Wildman–Crippen LogP) is 2.46. The fourth-order valence-electron chi connectivity index (χ4n) is 1.51. The second-order valence-corrected chi connectivity index (χ2v) is 2.97. The Morgan fingerprint density at radius 3 is 2.75 bits per heavy atom. The van der Waals surface area contributed by atoms with Gasteiger partial charge in [0.15, 0.2) is 0 Å². The standard InChI is InChI=1S/C8H11F2NO/c1-11-6-3-2-4-7(5-6)12-8(9)10/h6-8H,2-5H2. The molecule has 0 saturated heterocycles. The van der Waals surface area contributed by atoms with E-state index < -0.39 is 12.7 Å². The van der Waals surface area contributed by atoms with Crippen molar-refractivity contribution in [2.24, 2.45) is 0 Å². The summed E-state index contributed by atoms with van der Waals surface area (Å²) >= 11 is 0. The van der Waals surface area contributed by atoms with Gasteiger partial charge in [-0.15, -0.1) is 0 Å². The monoisotopic (exact) mass is 175 g/mol. The summed E-state index contributed by atoms with van der Waals surface area (Å²) in [6.07, 6.45) is 2.37. The number of hydrogen-bond acceptors (Lipinski definition) is 1. The van der Waals surface area contributed by atoms with Crippen LogP contribution in [-0.2, 0) is 4.74 Å². The molecule has 2 unspecified atom stereocenters. The van der Waals surface area contributed by atoms with Crippen LogP contribution in [0.1, 0.15) is 25.7 Å². The molecule has 1 rings (SSSR count). The van der Waals surface area contributed by atoms with Crippen LogP contribution in [0.25, 0.3) is 4.85 Å². The highest BCUT2D eigenvalue weighted by Crippen LogP contribution is 2.24. The SMILES string of the molecule is [C-]#[N+]C1CCCC(OC(F)F)C1. The van der Waals surface area contributed by atoms with Crippen LogP contribution < -0.4 is 0 Å². The molecular weight excluding hydrogens is 164 g/mol. The third-order valence-electron chi connectivity index (χ3n) is 2.08. The lowest BCUT2D eigenvalue weighted by molar-refractivity contribution is -0.169. The van der Waals surface area contributed by atoms with Crippen LogP contribution in [0, 0.1) is 6.57 Å². The molecule has 0 aromatic carbocycles. The van der Waals surface area contributed by atoms with Crippen molar-refractivity contribution < 1.29 is 13.5 Å². The lowest BCUT2D eigenvalue weighted by Gasteiger charge is -2.22. The fourth-order valence-corrected chi connectivity index (χ4v) is 1.51. The summed E-state index contributed by atoms with van der Waals surface area (Å²) in [5, 5.41) is 0. The molecule has 2 atom stereocenters. The van der Waals surface area contributed by atoms with E-state index in [4.69, 9.17) is 6.57 Å². The summed E-state index contributed by atoms with van der Waals surface area (Å²) in [6, 6.07) is -0.109. The summed E-state index contributed by atoms with van der Waals surface area (Å²) in [5.41, 5.74) is 0. The van der Waals surface area contributed by atoms with E-state index in [1.165, 1.54) is 0 Å². The zero-order chi connectivity index (χ0) is 8.97. The number of ether oxygens (including phenoxy) is 1. The molecule has 0 amide bonds. The zero-order valence-corrected chi connectivity index (χ0v) is 6.67. The second kappa shape index (κ2) is 4.36. The Kier molecular flexibility index (Phi) is 3.42. The number of nitrogens with zero attached hydrogens (tertiary/aromatic N) is 1. The van der Waals surface area contributed by atoms with Gasteiger partial charge in [-0.05, 0) is 12.8 Å². The number of alkyl halides is 2. The topological polar surface area (TPSA) is 13.6 Å². The van der Waals surface area contributed by atoms with Crippen molar-refractivity contribution in [1.29, 1.82) is 0 Å². The molecule has 0 aliphatic heterocycles. The molecule has 1 saturated carbocycles. The average molecular weight is 175 g/mol. The van der Waals surface area contributed by atoms with E-state index in [-0.39, 0.29) is 6.04 Å². The highest BCUT2D eigenvalue weighted by atomic mass is 19.3. The van der Waals surface area contributed by atoms with Gasteiger partial charge in [0, 0.05) is 12.8 Å². The third kappa shape index (κ3) is 2.74. The first-order chi connectivity index (χ1) is 5.72. The number of rotatable bonds is 2. The van der Waals surface area contributed by atoms with E-state index in [0.29, 0.717) is 12.8 Å². The van der Waals surface area contributed by atoms with Crippen LogP contribution >= 0.6 is 0 Å². The Hall–Kier alpha value is -0.690. The Morgan fingerprint density at radius 2 is 2.17 bits per heavy atom. The molecule has 0 N–H and O–H groups in total. The molecule has 0 aromatic rings. The molecular formula is C8H11F2NO. The quantitative estimate of drug-likeness (QED) is 0.588. The third-order valence-corrected chi connectivity index (χ3v) is 2.08.